The Morgan fingerprint density at radius 2 is 1.93 bits per heavy atom. The predicted octanol–water partition coefficient (Wildman–Crippen LogP) is 2.58. The minimum Gasteiger partial charge on any atom is -0.375 e. The lowest BCUT2D eigenvalue weighted by Crippen LogP contribution is -2.32. The van der Waals surface area contributed by atoms with Gasteiger partial charge in [0.2, 0.25) is 0 Å². The van der Waals surface area contributed by atoms with Crippen LogP contribution in [-0.4, -0.2) is 12.6 Å². The monoisotopic (exact) mass is 207 g/mol. The van der Waals surface area contributed by atoms with E-state index in [0.29, 0.717) is 19.1 Å². The molecule has 1 aromatic carbocycles. The molecule has 1 rings (SSSR count). The van der Waals surface area contributed by atoms with Gasteiger partial charge in [-0.05, 0) is 11.5 Å². The van der Waals surface area contributed by atoms with Gasteiger partial charge in [0, 0.05) is 6.04 Å². The quantitative estimate of drug-likeness (QED) is 0.778. The molecule has 1 unspecified atom stereocenters. The molecular weight excluding hydrogens is 186 g/mol. The van der Waals surface area contributed by atoms with E-state index in [2.05, 4.69) is 26.0 Å². The van der Waals surface area contributed by atoms with Crippen LogP contribution in [-0.2, 0) is 11.3 Å². The lowest BCUT2D eigenvalue weighted by Gasteiger charge is -2.18. The summed E-state index contributed by atoms with van der Waals surface area (Å²) in [6.07, 6.45) is 1.11. The standard InChI is InChI=1S/C13H21NO/c1-3-11(2)13(14)10-15-9-12-7-5-4-6-8-12/h4-8,11,13H,3,9-10,14H2,1-2H3/t11?,13-/m1/s1. The first-order valence-electron chi connectivity index (χ1n) is 5.61. The maximum Gasteiger partial charge on any atom is 0.0717 e. The molecule has 15 heavy (non-hydrogen) atoms. The molecule has 2 atom stereocenters. The Hall–Kier alpha value is -0.860. The number of nitrogens with two attached hydrogens (primary N) is 1. The second-order valence-corrected chi connectivity index (χ2v) is 4.05. The van der Waals surface area contributed by atoms with Gasteiger partial charge in [-0.3, -0.25) is 0 Å². The molecule has 0 saturated carbocycles. The summed E-state index contributed by atoms with van der Waals surface area (Å²) in [6.45, 7) is 5.62. The largest absolute Gasteiger partial charge is 0.375 e. The van der Waals surface area contributed by atoms with E-state index >= 15 is 0 Å². The van der Waals surface area contributed by atoms with Crippen molar-refractivity contribution in [1.29, 1.82) is 0 Å². The summed E-state index contributed by atoms with van der Waals surface area (Å²) >= 11 is 0. The molecule has 0 saturated heterocycles. The van der Waals surface area contributed by atoms with E-state index in [9.17, 15) is 0 Å². The van der Waals surface area contributed by atoms with Crippen molar-refractivity contribution in [3.63, 3.8) is 0 Å². The second-order valence-electron chi connectivity index (χ2n) is 4.05. The number of hydrogen-bond acceptors (Lipinski definition) is 2. The zero-order valence-electron chi connectivity index (χ0n) is 9.65. The second kappa shape index (κ2) is 6.59. The van der Waals surface area contributed by atoms with Crippen molar-refractivity contribution in [1.82, 2.24) is 0 Å². The minimum atomic E-state index is 0.152. The van der Waals surface area contributed by atoms with Crippen molar-refractivity contribution in [3.8, 4) is 0 Å². The van der Waals surface area contributed by atoms with Crippen LogP contribution in [0.15, 0.2) is 30.3 Å². The molecule has 0 radical (unpaired) electrons. The summed E-state index contributed by atoms with van der Waals surface area (Å²) in [5.41, 5.74) is 7.17. The van der Waals surface area contributed by atoms with E-state index in [-0.39, 0.29) is 6.04 Å². The van der Waals surface area contributed by atoms with E-state index in [0.717, 1.165) is 6.42 Å². The van der Waals surface area contributed by atoms with Crippen LogP contribution < -0.4 is 5.73 Å². The van der Waals surface area contributed by atoms with Gasteiger partial charge in [-0.25, -0.2) is 0 Å². The molecule has 0 aliphatic rings. The maximum atomic E-state index is 5.97. The lowest BCUT2D eigenvalue weighted by molar-refractivity contribution is 0.0947. The molecule has 0 bridgehead atoms. The zero-order chi connectivity index (χ0) is 11.1. The molecule has 0 aliphatic carbocycles. The highest BCUT2D eigenvalue weighted by Crippen LogP contribution is 2.07. The smallest absolute Gasteiger partial charge is 0.0717 e. The van der Waals surface area contributed by atoms with E-state index in [1.807, 2.05) is 18.2 Å². The molecule has 0 aromatic heterocycles. The van der Waals surface area contributed by atoms with E-state index in [1.165, 1.54) is 5.56 Å². The number of ether oxygens (including phenoxy) is 1. The van der Waals surface area contributed by atoms with Gasteiger partial charge in [0.05, 0.1) is 13.2 Å². The lowest BCUT2D eigenvalue weighted by atomic mass is 10.0. The number of rotatable bonds is 6. The Kier molecular flexibility index (Phi) is 5.37. The first-order chi connectivity index (χ1) is 7.24. The predicted molar refractivity (Wildman–Crippen MR) is 63.5 cm³/mol. The summed E-state index contributed by atoms with van der Waals surface area (Å²) < 4.78 is 5.58. The molecule has 2 heteroatoms. The van der Waals surface area contributed by atoms with Gasteiger partial charge in [-0.15, -0.1) is 0 Å². The Bertz CT molecular complexity index is 260. The van der Waals surface area contributed by atoms with Crippen LogP contribution in [0.4, 0.5) is 0 Å². The Balaban J connectivity index is 2.22. The van der Waals surface area contributed by atoms with Crippen molar-refractivity contribution in [2.45, 2.75) is 32.9 Å². The molecule has 1 aromatic rings. The fourth-order valence-electron chi connectivity index (χ4n) is 1.35. The van der Waals surface area contributed by atoms with Gasteiger partial charge in [0.25, 0.3) is 0 Å². The molecule has 0 spiro atoms. The SMILES string of the molecule is CCC(C)[C@H](N)COCc1ccccc1. The van der Waals surface area contributed by atoms with Crippen LogP contribution in [0.2, 0.25) is 0 Å². The van der Waals surface area contributed by atoms with Gasteiger partial charge in [-0.2, -0.15) is 0 Å². The summed E-state index contributed by atoms with van der Waals surface area (Å²) in [5, 5.41) is 0. The van der Waals surface area contributed by atoms with Crippen molar-refractivity contribution in [3.05, 3.63) is 35.9 Å². The van der Waals surface area contributed by atoms with Gasteiger partial charge < -0.3 is 10.5 Å². The van der Waals surface area contributed by atoms with E-state index in [4.69, 9.17) is 10.5 Å². The highest BCUT2D eigenvalue weighted by Gasteiger charge is 2.10. The van der Waals surface area contributed by atoms with E-state index in [1.54, 1.807) is 0 Å². The highest BCUT2D eigenvalue weighted by atomic mass is 16.5. The molecule has 84 valence electrons. The minimum absolute atomic E-state index is 0.152. The Morgan fingerprint density at radius 1 is 1.27 bits per heavy atom. The molecule has 0 heterocycles. The highest BCUT2D eigenvalue weighted by molar-refractivity contribution is 5.13. The van der Waals surface area contributed by atoms with Gasteiger partial charge >= 0.3 is 0 Å². The van der Waals surface area contributed by atoms with Crippen LogP contribution in [0.1, 0.15) is 25.8 Å². The normalized spacial score (nSPS) is 14.9. The summed E-state index contributed by atoms with van der Waals surface area (Å²) in [4.78, 5) is 0. The maximum absolute atomic E-state index is 5.97. The average molecular weight is 207 g/mol. The molecule has 2 nitrogen and oxygen atoms in total. The summed E-state index contributed by atoms with van der Waals surface area (Å²) in [5.74, 6) is 0.528. The fourth-order valence-corrected chi connectivity index (χ4v) is 1.35. The van der Waals surface area contributed by atoms with Gasteiger partial charge in [-0.1, -0.05) is 50.6 Å². The summed E-state index contributed by atoms with van der Waals surface area (Å²) in [6, 6.07) is 10.3. The first-order valence-corrected chi connectivity index (χ1v) is 5.61. The summed E-state index contributed by atoms with van der Waals surface area (Å²) in [7, 11) is 0. The van der Waals surface area contributed by atoms with Crippen molar-refractivity contribution in [2.24, 2.45) is 11.7 Å². The molecular formula is C13H21NO. The van der Waals surface area contributed by atoms with Crippen molar-refractivity contribution < 1.29 is 4.74 Å². The van der Waals surface area contributed by atoms with Gasteiger partial charge in [0.15, 0.2) is 0 Å². The van der Waals surface area contributed by atoms with Crippen molar-refractivity contribution >= 4 is 0 Å². The molecule has 0 fully saturated rings. The topological polar surface area (TPSA) is 35.2 Å². The van der Waals surface area contributed by atoms with Crippen LogP contribution in [0.3, 0.4) is 0 Å². The molecule has 0 aliphatic heterocycles. The van der Waals surface area contributed by atoms with Crippen LogP contribution in [0, 0.1) is 5.92 Å². The third-order valence-electron chi connectivity index (χ3n) is 2.80. The number of hydrogen-bond donors (Lipinski definition) is 1. The van der Waals surface area contributed by atoms with Crippen LogP contribution >= 0.6 is 0 Å². The zero-order valence-corrected chi connectivity index (χ0v) is 9.65. The third kappa shape index (κ3) is 4.45. The third-order valence-corrected chi connectivity index (χ3v) is 2.80. The number of benzene rings is 1. The van der Waals surface area contributed by atoms with Crippen molar-refractivity contribution in [2.75, 3.05) is 6.61 Å². The van der Waals surface area contributed by atoms with Crippen LogP contribution in [0.25, 0.3) is 0 Å². The average Bonchev–Trinajstić information content (AvgIpc) is 2.29. The Morgan fingerprint density at radius 3 is 2.53 bits per heavy atom. The molecule has 2 N–H and O–H groups in total. The molecule has 0 amide bonds. The Labute approximate surface area is 92.4 Å². The van der Waals surface area contributed by atoms with Gasteiger partial charge in [0.1, 0.15) is 0 Å². The van der Waals surface area contributed by atoms with Crippen LogP contribution in [0.5, 0.6) is 0 Å². The van der Waals surface area contributed by atoms with E-state index < -0.39 is 0 Å². The first kappa shape index (κ1) is 12.2. The fraction of sp³-hybridized carbons (Fsp3) is 0.538.